The Morgan fingerprint density at radius 3 is 2.63 bits per heavy atom. The number of amides is 3. The lowest BCUT2D eigenvalue weighted by Crippen LogP contribution is -2.55. The summed E-state index contributed by atoms with van der Waals surface area (Å²) in [5.74, 6) is -2.31. The number of nitrogens with zero attached hydrogens (tertiary/aromatic N) is 3. The Morgan fingerprint density at radius 2 is 1.92 bits per heavy atom. The third-order valence-electron chi connectivity index (χ3n) is 6.46. The van der Waals surface area contributed by atoms with Crippen LogP contribution >= 0.6 is 0 Å². The zero-order valence-corrected chi connectivity index (χ0v) is 21.7. The fourth-order valence-corrected chi connectivity index (χ4v) is 4.42. The molecule has 3 N–H and O–H groups in total. The van der Waals surface area contributed by atoms with E-state index in [1.807, 2.05) is 25.7 Å². The Labute approximate surface area is 219 Å². The molecule has 0 bridgehead atoms. The van der Waals surface area contributed by atoms with Crippen LogP contribution in [0.15, 0.2) is 42.5 Å². The minimum atomic E-state index is -0.863. The van der Waals surface area contributed by atoms with Gasteiger partial charge in [-0.15, -0.1) is 0 Å². The van der Waals surface area contributed by atoms with Gasteiger partial charge in [-0.25, -0.2) is 8.78 Å². The highest BCUT2D eigenvalue weighted by molar-refractivity contribution is 6.06. The molecule has 0 saturated carbocycles. The van der Waals surface area contributed by atoms with E-state index in [4.69, 9.17) is 0 Å². The number of hydrogen-bond acceptors (Lipinski definition) is 5. The average Bonchev–Trinajstić information content (AvgIpc) is 3.22. The maximum Gasteiger partial charge on any atom is 0.273 e. The molecule has 2 aromatic carbocycles. The monoisotopic (exact) mass is 526 g/mol. The van der Waals surface area contributed by atoms with Crippen molar-refractivity contribution in [1.29, 1.82) is 0 Å². The van der Waals surface area contributed by atoms with Gasteiger partial charge >= 0.3 is 0 Å². The predicted molar refractivity (Wildman–Crippen MR) is 138 cm³/mol. The predicted octanol–water partition coefficient (Wildman–Crippen LogP) is 2.06. The molecule has 0 unspecified atom stereocenters. The number of para-hydroxylation sites is 1. The molecule has 1 aliphatic heterocycles. The summed E-state index contributed by atoms with van der Waals surface area (Å²) in [5, 5.41) is 13.4. The van der Waals surface area contributed by atoms with Crippen molar-refractivity contribution in [2.24, 2.45) is 5.41 Å². The van der Waals surface area contributed by atoms with Crippen molar-refractivity contribution in [3.05, 3.63) is 65.4 Å². The van der Waals surface area contributed by atoms with Crippen LogP contribution in [0.2, 0.25) is 0 Å². The van der Waals surface area contributed by atoms with Crippen LogP contribution in [0.3, 0.4) is 0 Å². The quantitative estimate of drug-likeness (QED) is 0.417. The summed E-state index contributed by atoms with van der Waals surface area (Å²) in [4.78, 5) is 40.0. The molecule has 1 aliphatic rings. The van der Waals surface area contributed by atoms with Gasteiger partial charge < -0.3 is 16.0 Å². The number of carbonyl (C=O) groups excluding carboxylic acids is 3. The van der Waals surface area contributed by atoms with Gasteiger partial charge in [0.15, 0.2) is 5.69 Å². The molecular weight excluding hydrogens is 494 g/mol. The van der Waals surface area contributed by atoms with Crippen LogP contribution in [-0.4, -0.2) is 71.2 Å². The number of aromatic nitrogens is 2. The van der Waals surface area contributed by atoms with Gasteiger partial charge in [0.25, 0.3) is 5.91 Å². The van der Waals surface area contributed by atoms with E-state index in [1.165, 1.54) is 16.8 Å². The van der Waals surface area contributed by atoms with Crippen LogP contribution in [0.4, 0.5) is 8.78 Å². The van der Waals surface area contributed by atoms with Crippen LogP contribution in [0.5, 0.6) is 0 Å². The minimum Gasteiger partial charge on any atom is -0.354 e. The second-order valence-corrected chi connectivity index (χ2v) is 10.4. The van der Waals surface area contributed by atoms with Gasteiger partial charge in [-0.05, 0) is 17.5 Å². The van der Waals surface area contributed by atoms with Crippen LogP contribution < -0.4 is 16.0 Å². The van der Waals surface area contributed by atoms with Crippen LogP contribution in [0, 0.1) is 17.0 Å². The van der Waals surface area contributed by atoms with Gasteiger partial charge in [-0.2, -0.15) is 5.10 Å². The van der Waals surface area contributed by atoms with Gasteiger partial charge in [0, 0.05) is 43.2 Å². The van der Waals surface area contributed by atoms with E-state index in [1.54, 1.807) is 24.3 Å². The maximum atomic E-state index is 14.3. The number of fused-ring (bicyclic) bond motifs is 1. The first kappa shape index (κ1) is 27.2. The van der Waals surface area contributed by atoms with Gasteiger partial charge in [-0.3, -0.25) is 24.0 Å². The minimum absolute atomic E-state index is 0.00237. The second-order valence-electron chi connectivity index (χ2n) is 10.4. The van der Waals surface area contributed by atoms with E-state index in [2.05, 4.69) is 21.0 Å². The number of nitrogens with one attached hydrogen (secondary N) is 3. The van der Waals surface area contributed by atoms with Crippen molar-refractivity contribution < 1.29 is 23.2 Å². The summed E-state index contributed by atoms with van der Waals surface area (Å²) in [5.41, 5.74) is 0.318. The standard InChI is InChI=1S/C27H32F2N6O3/c1-27(2,3)24(26(38)31-11-13-34-12-10-30-22(36)16-34)32-25(37)23-19-6-4-5-7-21(19)35(33-23)15-17-8-9-18(28)14-20(17)29/h4-9,14,24H,10-13,15-16H2,1-3H3,(H,30,36)(H,31,38)(H,32,37)/t24-/m1/s1. The molecule has 4 rings (SSSR count). The molecule has 2 heterocycles. The van der Waals surface area contributed by atoms with E-state index >= 15 is 0 Å². The number of hydrogen-bond donors (Lipinski definition) is 3. The summed E-state index contributed by atoms with van der Waals surface area (Å²) in [6.07, 6.45) is 0. The molecule has 9 nitrogen and oxygen atoms in total. The van der Waals surface area contributed by atoms with E-state index in [9.17, 15) is 23.2 Å². The number of rotatable bonds is 8. The fourth-order valence-electron chi connectivity index (χ4n) is 4.42. The van der Waals surface area contributed by atoms with Crippen molar-refractivity contribution in [3.63, 3.8) is 0 Å². The average molecular weight is 527 g/mol. The topological polar surface area (TPSA) is 108 Å². The fraction of sp³-hybridized carbons (Fsp3) is 0.407. The van der Waals surface area contributed by atoms with Crippen LogP contribution in [0.25, 0.3) is 10.9 Å². The number of halogens is 2. The number of piperazine rings is 1. The molecule has 1 aromatic heterocycles. The summed E-state index contributed by atoms with van der Waals surface area (Å²) < 4.78 is 29.1. The molecule has 0 radical (unpaired) electrons. The van der Waals surface area contributed by atoms with Gasteiger partial charge in [0.1, 0.15) is 17.7 Å². The smallest absolute Gasteiger partial charge is 0.273 e. The molecule has 0 spiro atoms. The Kier molecular flexibility index (Phi) is 8.05. The first-order valence-electron chi connectivity index (χ1n) is 12.5. The molecule has 1 saturated heterocycles. The summed E-state index contributed by atoms with van der Waals surface area (Å²) in [6.45, 7) is 7.95. The van der Waals surface area contributed by atoms with Crippen LogP contribution in [-0.2, 0) is 16.1 Å². The third-order valence-corrected chi connectivity index (χ3v) is 6.46. The molecular formula is C27H32F2N6O3. The summed E-state index contributed by atoms with van der Waals surface area (Å²) >= 11 is 0. The molecule has 3 amide bonds. The molecule has 1 atom stereocenters. The van der Waals surface area contributed by atoms with E-state index in [-0.39, 0.29) is 36.2 Å². The highest BCUT2D eigenvalue weighted by Crippen LogP contribution is 2.23. The molecule has 3 aromatic rings. The normalized spacial score (nSPS) is 15.2. The van der Waals surface area contributed by atoms with E-state index < -0.39 is 29.0 Å². The molecule has 0 aliphatic carbocycles. The maximum absolute atomic E-state index is 14.3. The Bertz CT molecular complexity index is 1350. The first-order chi connectivity index (χ1) is 18.0. The van der Waals surface area contributed by atoms with E-state index in [0.29, 0.717) is 37.1 Å². The lowest BCUT2D eigenvalue weighted by molar-refractivity contribution is -0.125. The van der Waals surface area contributed by atoms with Gasteiger partial charge in [-0.1, -0.05) is 45.0 Å². The molecule has 1 fully saturated rings. The zero-order chi connectivity index (χ0) is 27.4. The Balaban J connectivity index is 1.50. The second kappa shape index (κ2) is 11.3. The van der Waals surface area contributed by atoms with Crippen molar-refractivity contribution in [2.75, 3.05) is 32.7 Å². The largest absolute Gasteiger partial charge is 0.354 e. The van der Waals surface area contributed by atoms with Crippen molar-refractivity contribution >= 4 is 28.6 Å². The molecule has 38 heavy (non-hydrogen) atoms. The van der Waals surface area contributed by atoms with Crippen molar-refractivity contribution in [2.45, 2.75) is 33.4 Å². The van der Waals surface area contributed by atoms with Gasteiger partial charge in [0.2, 0.25) is 11.8 Å². The Hall–Kier alpha value is -3.86. The summed E-state index contributed by atoms with van der Waals surface area (Å²) in [6, 6.07) is 9.49. The van der Waals surface area contributed by atoms with Crippen molar-refractivity contribution in [3.8, 4) is 0 Å². The zero-order valence-electron chi connectivity index (χ0n) is 21.7. The number of carbonyl (C=O) groups is 3. The van der Waals surface area contributed by atoms with E-state index in [0.717, 1.165) is 6.07 Å². The Morgan fingerprint density at radius 1 is 1.16 bits per heavy atom. The SMILES string of the molecule is CC(C)(C)[C@H](NC(=O)c1nn(Cc2ccc(F)cc2F)c2ccccc12)C(=O)NCCN1CCNC(=O)C1. The highest BCUT2D eigenvalue weighted by atomic mass is 19.1. The third kappa shape index (κ3) is 6.34. The number of benzene rings is 2. The first-order valence-corrected chi connectivity index (χ1v) is 12.5. The highest BCUT2D eigenvalue weighted by Gasteiger charge is 2.34. The van der Waals surface area contributed by atoms with Crippen molar-refractivity contribution in [1.82, 2.24) is 30.6 Å². The lowest BCUT2D eigenvalue weighted by Gasteiger charge is -2.31. The lowest BCUT2D eigenvalue weighted by atomic mass is 9.86. The molecule has 202 valence electrons. The van der Waals surface area contributed by atoms with Crippen LogP contribution in [0.1, 0.15) is 36.8 Å². The summed E-state index contributed by atoms with van der Waals surface area (Å²) in [7, 11) is 0. The van der Waals surface area contributed by atoms with Gasteiger partial charge in [0.05, 0.1) is 18.6 Å². The molecule has 11 heteroatoms.